The largest absolute Gasteiger partial charge is 0.384 e. The summed E-state index contributed by atoms with van der Waals surface area (Å²) < 4.78 is 1.55. The van der Waals surface area contributed by atoms with Gasteiger partial charge < -0.3 is 10.6 Å². The summed E-state index contributed by atoms with van der Waals surface area (Å²) in [5.74, 6) is 0.901. The van der Waals surface area contributed by atoms with Crippen LogP contribution in [0.4, 0.5) is 5.82 Å². The number of aromatic nitrogens is 4. The maximum absolute atomic E-state index is 13.1. The topological polar surface area (TPSA) is 89.4 Å². The highest BCUT2D eigenvalue weighted by atomic mass is 16.2. The van der Waals surface area contributed by atoms with E-state index in [1.807, 2.05) is 30.0 Å². The summed E-state index contributed by atoms with van der Waals surface area (Å²) in [6.07, 6.45) is 7.48. The number of pyridine rings is 2. The SMILES string of the molecule is CCN(C(=O)c1cc(N)n2nc(-c3ccccn3)nc2c1)C1CCCCC1. The highest BCUT2D eigenvalue weighted by molar-refractivity contribution is 5.96. The molecule has 4 rings (SSSR count). The molecule has 0 spiro atoms. The summed E-state index contributed by atoms with van der Waals surface area (Å²) in [6.45, 7) is 2.73. The number of hydrogen-bond acceptors (Lipinski definition) is 5. The fourth-order valence-corrected chi connectivity index (χ4v) is 3.86. The quantitative estimate of drug-likeness (QED) is 0.768. The van der Waals surface area contributed by atoms with Crippen molar-refractivity contribution in [3.05, 3.63) is 42.1 Å². The molecule has 1 fully saturated rings. The van der Waals surface area contributed by atoms with Crippen LogP contribution < -0.4 is 5.73 Å². The molecule has 140 valence electrons. The molecular formula is C20H24N6O. The van der Waals surface area contributed by atoms with E-state index in [0.717, 1.165) is 12.8 Å². The Kier molecular flexibility index (Phi) is 4.75. The van der Waals surface area contributed by atoms with Crippen LogP contribution in [0, 0.1) is 0 Å². The lowest BCUT2D eigenvalue weighted by molar-refractivity contribution is 0.0648. The molecule has 3 aromatic heterocycles. The summed E-state index contributed by atoms with van der Waals surface area (Å²) in [4.78, 5) is 23.9. The van der Waals surface area contributed by atoms with Gasteiger partial charge in [0.2, 0.25) is 5.82 Å². The van der Waals surface area contributed by atoms with Crippen LogP contribution >= 0.6 is 0 Å². The Labute approximate surface area is 158 Å². The first-order valence-corrected chi connectivity index (χ1v) is 9.56. The lowest BCUT2D eigenvalue weighted by atomic mass is 9.93. The van der Waals surface area contributed by atoms with Crippen LogP contribution in [-0.2, 0) is 0 Å². The van der Waals surface area contributed by atoms with Crippen LogP contribution in [0.2, 0.25) is 0 Å². The molecule has 7 nitrogen and oxygen atoms in total. The average molecular weight is 364 g/mol. The average Bonchev–Trinajstić information content (AvgIpc) is 3.15. The van der Waals surface area contributed by atoms with Crippen molar-refractivity contribution < 1.29 is 4.79 Å². The third kappa shape index (κ3) is 3.37. The number of nitrogens with zero attached hydrogens (tertiary/aromatic N) is 5. The monoisotopic (exact) mass is 364 g/mol. The number of hydrogen-bond donors (Lipinski definition) is 1. The van der Waals surface area contributed by atoms with E-state index in [4.69, 9.17) is 5.73 Å². The summed E-state index contributed by atoms with van der Waals surface area (Å²) >= 11 is 0. The molecule has 0 saturated heterocycles. The molecular weight excluding hydrogens is 340 g/mol. The maximum Gasteiger partial charge on any atom is 0.254 e. The van der Waals surface area contributed by atoms with E-state index in [1.165, 1.54) is 19.3 Å². The number of carbonyl (C=O) groups is 1. The zero-order valence-electron chi connectivity index (χ0n) is 15.5. The Balaban J connectivity index is 1.68. The molecule has 2 N–H and O–H groups in total. The second-order valence-electron chi connectivity index (χ2n) is 6.97. The molecule has 3 aromatic rings. The molecule has 7 heteroatoms. The summed E-state index contributed by atoms with van der Waals surface area (Å²) in [5.41, 5.74) is 7.96. The van der Waals surface area contributed by atoms with Crippen molar-refractivity contribution in [1.82, 2.24) is 24.5 Å². The van der Waals surface area contributed by atoms with E-state index in [1.54, 1.807) is 22.8 Å². The molecule has 0 aliphatic heterocycles. The fraction of sp³-hybridized carbons (Fsp3) is 0.400. The van der Waals surface area contributed by atoms with Gasteiger partial charge in [-0.1, -0.05) is 25.3 Å². The van der Waals surface area contributed by atoms with Gasteiger partial charge in [0.1, 0.15) is 11.5 Å². The predicted octanol–water partition coefficient (Wildman–Crippen LogP) is 3.17. The van der Waals surface area contributed by atoms with Crippen molar-refractivity contribution in [2.75, 3.05) is 12.3 Å². The second kappa shape index (κ2) is 7.34. The number of amides is 1. The molecule has 1 saturated carbocycles. The van der Waals surface area contributed by atoms with Crippen LogP contribution in [0.25, 0.3) is 17.2 Å². The van der Waals surface area contributed by atoms with Crippen molar-refractivity contribution in [2.24, 2.45) is 0 Å². The van der Waals surface area contributed by atoms with Gasteiger partial charge in [-0.15, -0.1) is 5.10 Å². The molecule has 27 heavy (non-hydrogen) atoms. The van der Waals surface area contributed by atoms with E-state index in [0.29, 0.717) is 41.1 Å². The molecule has 1 aliphatic carbocycles. The van der Waals surface area contributed by atoms with Crippen LogP contribution in [0.5, 0.6) is 0 Å². The van der Waals surface area contributed by atoms with E-state index >= 15 is 0 Å². The minimum absolute atomic E-state index is 0.0148. The molecule has 0 bridgehead atoms. The van der Waals surface area contributed by atoms with Gasteiger partial charge in [-0.25, -0.2) is 4.98 Å². The Morgan fingerprint density at radius 3 is 2.78 bits per heavy atom. The van der Waals surface area contributed by atoms with Crippen molar-refractivity contribution in [2.45, 2.75) is 45.1 Å². The van der Waals surface area contributed by atoms with Gasteiger partial charge in [-0.05, 0) is 44.0 Å². The molecule has 3 heterocycles. The van der Waals surface area contributed by atoms with Crippen molar-refractivity contribution in [3.8, 4) is 11.5 Å². The number of rotatable bonds is 4. The molecule has 0 aromatic carbocycles. The summed E-state index contributed by atoms with van der Waals surface area (Å²) in [5, 5.41) is 4.43. The van der Waals surface area contributed by atoms with Crippen molar-refractivity contribution >= 4 is 17.4 Å². The van der Waals surface area contributed by atoms with E-state index in [-0.39, 0.29) is 5.91 Å². The maximum atomic E-state index is 13.1. The van der Waals surface area contributed by atoms with Gasteiger partial charge in [0.25, 0.3) is 5.91 Å². The lowest BCUT2D eigenvalue weighted by Crippen LogP contribution is -2.41. The van der Waals surface area contributed by atoms with Crippen LogP contribution in [0.1, 0.15) is 49.4 Å². The van der Waals surface area contributed by atoms with Gasteiger partial charge in [-0.3, -0.25) is 9.78 Å². The first-order chi connectivity index (χ1) is 13.2. The van der Waals surface area contributed by atoms with Crippen LogP contribution in [-0.4, -0.2) is 43.0 Å². The highest BCUT2D eigenvalue weighted by Crippen LogP contribution is 2.25. The molecule has 0 unspecified atom stereocenters. The Morgan fingerprint density at radius 2 is 2.07 bits per heavy atom. The van der Waals surface area contributed by atoms with E-state index in [2.05, 4.69) is 15.1 Å². The minimum Gasteiger partial charge on any atom is -0.384 e. The van der Waals surface area contributed by atoms with Crippen molar-refractivity contribution in [1.29, 1.82) is 0 Å². The zero-order valence-corrected chi connectivity index (χ0v) is 15.5. The predicted molar refractivity (Wildman–Crippen MR) is 104 cm³/mol. The Bertz CT molecular complexity index is 946. The number of nitrogens with two attached hydrogens (primary N) is 1. The third-order valence-corrected chi connectivity index (χ3v) is 5.22. The summed E-state index contributed by atoms with van der Waals surface area (Å²) in [6, 6.07) is 9.35. The standard InChI is InChI=1S/C20H24N6O/c1-2-25(15-8-4-3-5-9-15)20(27)14-12-17(21)26-18(13-14)23-19(24-26)16-10-6-7-11-22-16/h6-7,10-13,15H,2-5,8-9,21H2,1H3. The highest BCUT2D eigenvalue weighted by Gasteiger charge is 2.26. The van der Waals surface area contributed by atoms with E-state index in [9.17, 15) is 4.79 Å². The van der Waals surface area contributed by atoms with Gasteiger partial charge in [0.05, 0.1) is 0 Å². The third-order valence-electron chi connectivity index (χ3n) is 5.22. The normalized spacial score (nSPS) is 15.1. The van der Waals surface area contributed by atoms with Gasteiger partial charge in [0.15, 0.2) is 5.65 Å². The first kappa shape index (κ1) is 17.5. The second-order valence-corrected chi connectivity index (χ2v) is 6.97. The van der Waals surface area contributed by atoms with E-state index < -0.39 is 0 Å². The lowest BCUT2D eigenvalue weighted by Gasteiger charge is -2.33. The molecule has 0 atom stereocenters. The number of fused-ring (bicyclic) bond motifs is 1. The number of carbonyl (C=O) groups excluding carboxylic acids is 1. The smallest absolute Gasteiger partial charge is 0.254 e. The van der Waals surface area contributed by atoms with Gasteiger partial charge >= 0.3 is 0 Å². The minimum atomic E-state index is 0.0148. The first-order valence-electron chi connectivity index (χ1n) is 9.56. The van der Waals surface area contributed by atoms with Gasteiger partial charge in [0, 0.05) is 24.3 Å². The number of nitrogen functional groups attached to an aromatic ring is 1. The molecule has 1 amide bonds. The molecule has 1 aliphatic rings. The fourth-order valence-electron chi connectivity index (χ4n) is 3.86. The summed E-state index contributed by atoms with van der Waals surface area (Å²) in [7, 11) is 0. The van der Waals surface area contributed by atoms with Crippen LogP contribution in [0.15, 0.2) is 36.5 Å². The van der Waals surface area contributed by atoms with Gasteiger partial charge in [-0.2, -0.15) is 4.52 Å². The number of anilines is 1. The van der Waals surface area contributed by atoms with Crippen LogP contribution in [0.3, 0.4) is 0 Å². The van der Waals surface area contributed by atoms with Crippen molar-refractivity contribution in [3.63, 3.8) is 0 Å². The zero-order chi connectivity index (χ0) is 18.8. The molecule has 0 radical (unpaired) electrons. The Hall–Kier alpha value is -2.96. The Morgan fingerprint density at radius 1 is 1.26 bits per heavy atom.